The maximum Gasteiger partial charge on any atom is 0.242 e. The highest BCUT2D eigenvalue weighted by atomic mass is 32.2. The fourth-order valence-corrected chi connectivity index (χ4v) is 3.91. The predicted molar refractivity (Wildman–Crippen MR) is 115 cm³/mol. The van der Waals surface area contributed by atoms with Crippen molar-refractivity contribution < 1.29 is 22.7 Å². The molecule has 0 aromatic heterocycles. The van der Waals surface area contributed by atoms with E-state index in [0.717, 1.165) is 23.1 Å². The summed E-state index contributed by atoms with van der Waals surface area (Å²) in [4.78, 5) is 12.5. The van der Waals surface area contributed by atoms with Gasteiger partial charge in [-0.05, 0) is 35.4 Å². The zero-order valence-electron chi connectivity index (χ0n) is 17.4. The zero-order chi connectivity index (χ0) is 21.9. The SMILES string of the molecule is CCC(=O)N1N=C(c2ccc(NS(C)(=O)=O)cc2)CC1c1ccc(OC)c(OC)c1. The first-order valence-corrected chi connectivity index (χ1v) is 11.3. The average Bonchev–Trinajstić information content (AvgIpc) is 3.17. The summed E-state index contributed by atoms with van der Waals surface area (Å²) in [6.45, 7) is 1.80. The van der Waals surface area contributed by atoms with Crippen molar-refractivity contribution in [3.8, 4) is 11.5 Å². The number of benzene rings is 2. The van der Waals surface area contributed by atoms with Crippen molar-refractivity contribution in [2.24, 2.45) is 5.10 Å². The molecule has 30 heavy (non-hydrogen) atoms. The molecule has 1 heterocycles. The molecule has 1 N–H and O–H groups in total. The summed E-state index contributed by atoms with van der Waals surface area (Å²) in [7, 11) is -0.203. The van der Waals surface area contributed by atoms with Crippen LogP contribution in [-0.2, 0) is 14.8 Å². The number of carbonyl (C=O) groups is 1. The van der Waals surface area contributed by atoms with Crippen LogP contribution < -0.4 is 14.2 Å². The highest BCUT2D eigenvalue weighted by Gasteiger charge is 2.32. The maximum absolute atomic E-state index is 12.5. The van der Waals surface area contributed by atoms with Crippen molar-refractivity contribution in [1.29, 1.82) is 0 Å². The van der Waals surface area contributed by atoms with Crippen molar-refractivity contribution >= 4 is 27.3 Å². The van der Waals surface area contributed by atoms with Crippen molar-refractivity contribution in [2.45, 2.75) is 25.8 Å². The van der Waals surface area contributed by atoms with E-state index in [0.29, 0.717) is 30.0 Å². The largest absolute Gasteiger partial charge is 0.493 e. The van der Waals surface area contributed by atoms with Crippen LogP contribution in [0.2, 0.25) is 0 Å². The highest BCUT2D eigenvalue weighted by Crippen LogP contribution is 2.37. The molecule has 2 aromatic rings. The standard InChI is InChI=1S/C21H25N3O5S/c1-5-21(25)24-18(15-8-11-19(28-2)20(12-15)29-3)13-17(22-24)14-6-9-16(10-7-14)23-30(4,26)27/h6-12,18,23H,5,13H2,1-4H3. The number of methoxy groups -OCH3 is 2. The second kappa shape index (κ2) is 8.74. The number of carbonyl (C=O) groups excluding carboxylic acids is 1. The topological polar surface area (TPSA) is 97.3 Å². The lowest BCUT2D eigenvalue weighted by atomic mass is 9.98. The van der Waals surface area contributed by atoms with Crippen LogP contribution in [0.5, 0.6) is 11.5 Å². The number of ether oxygens (including phenoxy) is 2. The summed E-state index contributed by atoms with van der Waals surface area (Å²) in [5.74, 6) is 1.12. The lowest BCUT2D eigenvalue weighted by Crippen LogP contribution is -2.26. The molecule has 0 fully saturated rings. The third kappa shape index (κ3) is 4.73. The van der Waals surface area contributed by atoms with E-state index >= 15 is 0 Å². The minimum Gasteiger partial charge on any atom is -0.493 e. The van der Waals surface area contributed by atoms with Crippen LogP contribution in [0.15, 0.2) is 47.6 Å². The molecule has 1 aliphatic heterocycles. The summed E-state index contributed by atoms with van der Waals surface area (Å²) in [5.41, 5.74) is 2.94. The van der Waals surface area contributed by atoms with E-state index < -0.39 is 10.0 Å². The molecule has 9 heteroatoms. The van der Waals surface area contributed by atoms with Gasteiger partial charge >= 0.3 is 0 Å². The van der Waals surface area contributed by atoms with Gasteiger partial charge in [0.15, 0.2) is 11.5 Å². The van der Waals surface area contributed by atoms with Crippen LogP contribution >= 0.6 is 0 Å². The first-order chi connectivity index (χ1) is 14.3. The quantitative estimate of drug-likeness (QED) is 0.726. The van der Waals surface area contributed by atoms with E-state index in [2.05, 4.69) is 9.82 Å². The molecule has 0 radical (unpaired) electrons. The second-order valence-corrected chi connectivity index (χ2v) is 8.67. The predicted octanol–water partition coefficient (Wildman–Crippen LogP) is 3.16. The van der Waals surface area contributed by atoms with Crippen LogP contribution in [0, 0.1) is 0 Å². The molecule has 3 rings (SSSR count). The third-order valence-electron chi connectivity index (χ3n) is 4.78. The monoisotopic (exact) mass is 431 g/mol. The Bertz CT molecular complexity index is 1060. The number of nitrogens with zero attached hydrogens (tertiary/aromatic N) is 2. The Kier molecular flexibility index (Phi) is 6.31. The highest BCUT2D eigenvalue weighted by molar-refractivity contribution is 7.92. The number of nitrogens with one attached hydrogen (secondary N) is 1. The van der Waals surface area contributed by atoms with E-state index in [4.69, 9.17) is 9.47 Å². The number of amides is 1. The molecule has 160 valence electrons. The Balaban J connectivity index is 1.91. The molecule has 0 aliphatic carbocycles. The number of hydrazone groups is 1. The molecule has 2 aromatic carbocycles. The number of sulfonamides is 1. The van der Waals surface area contributed by atoms with E-state index in [1.54, 1.807) is 45.4 Å². The molecule has 8 nitrogen and oxygen atoms in total. The lowest BCUT2D eigenvalue weighted by molar-refractivity contribution is -0.132. The van der Waals surface area contributed by atoms with Gasteiger partial charge in [-0.1, -0.05) is 25.1 Å². The van der Waals surface area contributed by atoms with Crippen molar-refractivity contribution in [1.82, 2.24) is 5.01 Å². The van der Waals surface area contributed by atoms with Crippen LogP contribution in [0.3, 0.4) is 0 Å². The van der Waals surface area contributed by atoms with Gasteiger partial charge in [0.25, 0.3) is 0 Å². The minimum atomic E-state index is -3.34. The average molecular weight is 432 g/mol. The van der Waals surface area contributed by atoms with Gasteiger partial charge in [-0.15, -0.1) is 0 Å². The van der Waals surface area contributed by atoms with Gasteiger partial charge in [0.05, 0.1) is 32.2 Å². The first-order valence-electron chi connectivity index (χ1n) is 9.45. The van der Waals surface area contributed by atoms with Crippen molar-refractivity contribution in [3.63, 3.8) is 0 Å². The number of rotatable bonds is 7. The van der Waals surface area contributed by atoms with Gasteiger partial charge in [-0.2, -0.15) is 5.10 Å². The minimum absolute atomic E-state index is 0.0832. The Labute approximate surface area is 176 Å². The number of anilines is 1. The molecule has 0 saturated heterocycles. The molecular formula is C21H25N3O5S. The fraction of sp³-hybridized carbons (Fsp3) is 0.333. The van der Waals surface area contributed by atoms with Gasteiger partial charge in [0.2, 0.25) is 15.9 Å². The van der Waals surface area contributed by atoms with E-state index in [1.165, 1.54) is 5.01 Å². The molecule has 1 atom stereocenters. The number of hydrogen-bond donors (Lipinski definition) is 1. The van der Waals surface area contributed by atoms with E-state index in [9.17, 15) is 13.2 Å². The molecular weight excluding hydrogens is 406 g/mol. The molecule has 0 bridgehead atoms. The Morgan fingerprint density at radius 3 is 2.37 bits per heavy atom. The van der Waals surface area contributed by atoms with E-state index in [-0.39, 0.29) is 11.9 Å². The van der Waals surface area contributed by atoms with Crippen molar-refractivity contribution in [2.75, 3.05) is 25.2 Å². The Hall–Kier alpha value is -3.07. The Morgan fingerprint density at radius 1 is 1.13 bits per heavy atom. The van der Waals surface area contributed by atoms with Crippen molar-refractivity contribution in [3.05, 3.63) is 53.6 Å². The maximum atomic E-state index is 12.5. The van der Waals surface area contributed by atoms with Crippen LogP contribution in [-0.4, -0.2) is 45.5 Å². The summed E-state index contributed by atoms with van der Waals surface area (Å²) >= 11 is 0. The van der Waals surface area contributed by atoms with Gasteiger partial charge in [0, 0.05) is 18.5 Å². The molecule has 0 spiro atoms. The normalized spacial score (nSPS) is 16.2. The summed E-state index contributed by atoms with van der Waals surface area (Å²) in [6, 6.07) is 12.2. The first kappa shape index (κ1) is 21.6. The smallest absolute Gasteiger partial charge is 0.242 e. The van der Waals surface area contributed by atoms with E-state index in [1.807, 2.05) is 18.2 Å². The number of hydrogen-bond acceptors (Lipinski definition) is 6. The van der Waals surface area contributed by atoms with Gasteiger partial charge in [-0.3, -0.25) is 9.52 Å². The third-order valence-corrected chi connectivity index (χ3v) is 5.39. The second-order valence-electron chi connectivity index (χ2n) is 6.92. The van der Waals surface area contributed by atoms with Gasteiger partial charge in [-0.25, -0.2) is 13.4 Å². The summed E-state index contributed by atoms with van der Waals surface area (Å²) in [5, 5.41) is 6.09. The lowest BCUT2D eigenvalue weighted by Gasteiger charge is -2.22. The summed E-state index contributed by atoms with van der Waals surface area (Å²) < 4.78 is 35.9. The molecule has 1 unspecified atom stereocenters. The Morgan fingerprint density at radius 2 is 1.80 bits per heavy atom. The summed E-state index contributed by atoms with van der Waals surface area (Å²) in [6.07, 6.45) is 1.96. The van der Waals surface area contributed by atoms with Crippen LogP contribution in [0.25, 0.3) is 0 Å². The zero-order valence-corrected chi connectivity index (χ0v) is 18.2. The fourth-order valence-electron chi connectivity index (χ4n) is 3.34. The van der Waals surface area contributed by atoms with Gasteiger partial charge < -0.3 is 9.47 Å². The molecule has 0 saturated carbocycles. The van der Waals surface area contributed by atoms with Crippen LogP contribution in [0.1, 0.15) is 36.9 Å². The molecule has 1 aliphatic rings. The van der Waals surface area contributed by atoms with Crippen LogP contribution in [0.4, 0.5) is 5.69 Å². The molecule has 1 amide bonds. The van der Waals surface area contributed by atoms with Gasteiger partial charge in [0.1, 0.15) is 0 Å².